The topological polar surface area (TPSA) is 84.9 Å². The summed E-state index contributed by atoms with van der Waals surface area (Å²) in [6, 6.07) is 12.5. The summed E-state index contributed by atoms with van der Waals surface area (Å²) in [6.07, 6.45) is 0.0551. The summed E-state index contributed by atoms with van der Waals surface area (Å²) < 4.78 is 11.5. The molecule has 2 aromatic rings. The zero-order chi connectivity index (χ0) is 21.7. The monoisotopic (exact) mass is 474 g/mol. The molecule has 0 radical (unpaired) electrons. The van der Waals surface area contributed by atoms with Crippen LogP contribution in [0.4, 0.5) is 11.4 Å². The highest BCUT2D eigenvalue weighted by Gasteiger charge is 2.36. The molecule has 3 rings (SSSR count). The molecule has 0 bridgehead atoms. The van der Waals surface area contributed by atoms with Crippen LogP contribution in [-0.4, -0.2) is 37.5 Å². The molecule has 1 atom stereocenters. The Bertz CT molecular complexity index is 945. The van der Waals surface area contributed by atoms with Crippen molar-refractivity contribution in [1.29, 1.82) is 0 Å². The zero-order valence-electron chi connectivity index (χ0n) is 16.8. The molecular weight excluding hydrogens is 452 g/mol. The van der Waals surface area contributed by atoms with Crippen LogP contribution in [0, 0.1) is 12.8 Å². The van der Waals surface area contributed by atoms with E-state index in [0.29, 0.717) is 18.0 Å². The second-order valence-corrected chi connectivity index (χ2v) is 7.81. The molecule has 0 aromatic heterocycles. The average Bonchev–Trinajstić information content (AvgIpc) is 3.11. The summed E-state index contributed by atoms with van der Waals surface area (Å²) in [5, 5.41) is 2.69. The summed E-state index contributed by atoms with van der Waals surface area (Å²) in [6.45, 7) is 4.19. The van der Waals surface area contributed by atoms with Gasteiger partial charge in [-0.2, -0.15) is 0 Å². The third-order valence-corrected chi connectivity index (χ3v) is 5.59. The molecule has 1 N–H and O–H groups in total. The fourth-order valence-corrected chi connectivity index (χ4v) is 3.42. The molecule has 1 fully saturated rings. The van der Waals surface area contributed by atoms with Crippen molar-refractivity contribution in [3.63, 3.8) is 0 Å². The van der Waals surface area contributed by atoms with E-state index in [0.717, 1.165) is 15.8 Å². The van der Waals surface area contributed by atoms with Crippen LogP contribution in [0.3, 0.4) is 0 Å². The SMILES string of the molecule is CCOc1ccc(N2C[C@@H](C(=O)OCC(=O)Nc3ccc(Br)c(C)c3)CC2=O)cc1. The van der Waals surface area contributed by atoms with Crippen molar-refractivity contribution in [3.05, 3.63) is 52.5 Å². The number of hydrogen-bond acceptors (Lipinski definition) is 5. The van der Waals surface area contributed by atoms with E-state index >= 15 is 0 Å². The summed E-state index contributed by atoms with van der Waals surface area (Å²) in [5.74, 6) is -1.03. The molecule has 0 unspecified atom stereocenters. The molecule has 1 saturated heterocycles. The molecule has 2 aromatic carbocycles. The minimum Gasteiger partial charge on any atom is -0.494 e. The lowest BCUT2D eigenvalue weighted by atomic mass is 10.1. The predicted molar refractivity (Wildman–Crippen MR) is 117 cm³/mol. The Labute approximate surface area is 183 Å². The highest BCUT2D eigenvalue weighted by molar-refractivity contribution is 9.10. The molecular formula is C22H23BrN2O5. The number of anilines is 2. The fourth-order valence-electron chi connectivity index (χ4n) is 3.18. The Hall–Kier alpha value is -2.87. The number of hydrogen-bond donors (Lipinski definition) is 1. The normalized spacial score (nSPS) is 15.8. The van der Waals surface area contributed by atoms with E-state index in [1.165, 1.54) is 0 Å². The largest absolute Gasteiger partial charge is 0.494 e. The molecule has 30 heavy (non-hydrogen) atoms. The molecule has 2 amide bonds. The maximum atomic E-state index is 12.4. The van der Waals surface area contributed by atoms with E-state index in [1.807, 2.05) is 26.0 Å². The van der Waals surface area contributed by atoms with E-state index in [9.17, 15) is 14.4 Å². The summed E-state index contributed by atoms with van der Waals surface area (Å²) in [4.78, 5) is 38.3. The van der Waals surface area contributed by atoms with E-state index in [-0.39, 0.29) is 18.9 Å². The molecule has 0 saturated carbocycles. The van der Waals surface area contributed by atoms with Gasteiger partial charge in [-0.3, -0.25) is 14.4 Å². The van der Waals surface area contributed by atoms with Crippen LogP contribution in [-0.2, 0) is 19.1 Å². The van der Waals surface area contributed by atoms with Crippen molar-refractivity contribution in [2.24, 2.45) is 5.92 Å². The number of carbonyl (C=O) groups is 3. The van der Waals surface area contributed by atoms with Crippen molar-refractivity contribution in [2.75, 3.05) is 30.0 Å². The smallest absolute Gasteiger partial charge is 0.311 e. The van der Waals surface area contributed by atoms with Crippen LogP contribution in [0.2, 0.25) is 0 Å². The molecule has 1 aliphatic heterocycles. The molecule has 0 spiro atoms. The van der Waals surface area contributed by atoms with Crippen LogP contribution in [0.25, 0.3) is 0 Å². The Morgan fingerprint density at radius 3 is 2.60 bits per heavy atom. The van der Waals surface area contributed by atoms with E-state index in [2.05, 4.69) is 21.2 Å². The number of aryl methyl sites for hydroxylation is 1. The number of rotatable bonds is 7. The van der Waals surface area contributed by atoms with Gasteiger partial charge in [0.05, 0.1) is 12.5 Å². The van der Waals surface area contributed by atoms with Gasteiger partial charge in [0.2, 0.25) is 5.91 Å². The van der Waals surface area contributed by atoms with Crippen molar-refractivity contribution in [1.82, 2.24) is 0 Å². The maximum absolute atomic E-state index is 12.4. The number of halogens is 1. The first-order valence-electron chi connectivity index (χ1n) is 9.63. The van der Waals surface area contributed by atoms with Crippen LogP contribution in [0.1, 0.15) is 18.9 Å². The Kier molecular flexibility index (Phi) is 7.10. The standard InChI is InChI=1S/C22H23BrN2O5/c1-3-29-18-7-5-17(6-8-18)25-12-15(11-21(25)27)22(28)30-13-20(26)24-16-4-9-19(23)14(2)10-16/h4-10,15H,3,11-13H2,1-2H3,(H,24,26)/t15-/m0/s1. The van der Waals surface area contributed by atoms with Gasteiger partial charge in [-0.1, -0.05) is 15.9 Å². The first-order chi connectivity index (χ1) is 14.4. The van der Waals surface area contributed by atoms with Gasteiger partial charge in [0.25, 0.3) is 5.91 Å². The number of carbonyl (C=O) groups excluding carboxylic acids is 3. The van der Waals surface area contributed by atoms with E-state index in [4.69, 9.17) is 9.47 Å². The van der Waals surface area contributed by atoms with Gasteiger partial charge in [-0.15, -0.1) is 0 Å². The molecule has 158 valence electrons. The number of esters is 1. The lowest BCUT2D eigenvalue weighted by Gasteiger charge is -2.17. The quantitative estimate of drug-likeness (QED) is 0.618. The van der Waals surface area contributed by atoms with Gasteiger partial charge in [-0.05, 0) is 61.9 Å². The lowest BCUT2D eigenvalue weighted by molar-refractivity contribution is -0.151. The van der Waals surface area contributed by atoms with Gasteiger partial charge in [0.1, 0.15) is 5.75 Å². The molecule has 1 aliphatic rings. The minimum atomic E-state index is -0.605. The summed E-state index contributed by atoms with van der Waals surface area (Å²) in [7, 11) is 0. The first-order valence-corrected chi connectivity index (χ1v) is 10.4. The van der Waals surface area contributed by atoms with Crippen molar-refractivity contribution < 1.29 is 23.9 Å². The average molecular weight is 475 g/mol. The third-order valence-electron chi connectivity index (χ3n) is 4.70. The van der Waals surface area contributed by atoms with Gasteiger partial charge in [0.15, 0.2) is 6.61 Å². The highest BCUT2D eigenvalue weighted by atomic mass is 79.9. The van der Waals surface area contributed by atoms with Crippen LogP contribution < -0.4 is 15.0 Å². The summed E-state index contributed by atoms with van der Waals surface area (Å²) in [5.41, 5.74) is 2.29. The fraction of sp³-hybridized carbons (Fsp3) is 0.318. The molecule has 7 nitrogen and oxygen atoms in total. The number of nitrogens with one attached hydrogen (secondary N) is 1. The van der Waals surface area contributed by atoms with Gasteiger partial charge < -0.3 is 19.7 Å². The van der Waals surface area contributed by atoms with Gasteiger partial charge >= 0.3 is 5.97 Å². The summed E-state index contributed by atoms with van der Waals surface area (Å²) >= 11 is 3.40. The maximum Gasteiger partial charge on any atom is 0.311 e. The zero-order valence-corrected chi connectivity index (χ0v) is 18.4. The van der Waals surface area contributed by atoms with Crippen molar-refractivity contribution >= 4 is 45.1 Å². The first kappa shape index (κ1) is 21.8. The second-order valence-electron chi connectivity index (χ2n) is 6.95. The lowest BCUT2D eigenvalue weighted by Crippen LogP contribution is -2.28. The number of amides is 2. The number of nitrogens with zero attached hydrogens (tertiary/aromatic N) is 1. The minimum absolute atomic E-state index is 0.0551. The number of ether oxygens (including phenoxy) is 2. The van der Waals surface area contributed by atoms with Gasteiger partial charge in [-0.25, -0.2) is 0 Å². The predicted octanol–water partition coefficient (Wildman–Crippen LogP) is 3.69. The molecule has 1 heterocycles. The van der Waals surface area contributed by atoms with E-state index in [1.54, 1.807) is 35.2 Å². The van der Waals surface area contributed by atoms with Gasteiger partial charge in [0, 0.05) is 28.8 Å². The Morgan fingerprint density at radius 2 is 1.93 bits per heavy atom. The van der Waals surface area contributed by atoms with E-state index < -0.39 is 24.4 Å². The second kappa shape index (κ2) is 9.75. The van der Waals surface area contributed by atoms with Crippen molar-refractivity contribution in [2.45, 2.75) is 20.3 Å². The van der Waals surface area contributed by atoms with Crippen LogP contribution in [0.5, 0.6) is 5.75 Å². The number of benzene rings is 2. The third kappa shape index (κ3) is 5.38. The van der Waals surface area contributed by atoms with Crippen molar-refractivity contribution in [3.8, 4) is 5.75 Å². The molecule has 8 heteroatoms. The van der Waals surface area contributed by atoms with Crippen LogP contribution >= 0.6 is 15.9 Å². The Morgan fingerprint density at radius 1 is 1.20 bits per heavy atom. The Balaban J connectivity index is 1.51. The van der Waals surface area contributed by atoms with Crippen LogP contribution in [0.15, 0.2) is 46.9 Å². The molecule has 0 aliphatic carbocycles. The highest BCUT2D eigenvalue weighted by Crippen LogP contribution is 2.27.